The summed E-state index contributed by atoms with van der Waals surface area (Å²) in [5.41, 5.74) is 0. The van der Waals surface area contributed by atoms with Gasteiger partial charge >= 0.3 is 0 Å². The molecule has 1 aromatic rings. The highest BCUT2D eigenvalue weighted by Crippen LogP contribution is 1.98. The lowest BCUT2D eigenvalue weighted by molar-refractivity contribution is 0.531. The molecule has 1 unspecified atom stereocenters. The Morgan fingerprint density at radius 3 is 2.79 bits per heavy atom. The molecule has 1 aromatic heterocycles. The molecular weight excluding hydrogens is 176 g/mol. The SMILES string of the molecule is C=CCC(C)NCc1nnc(C)n1C. The third-order valence-electron chi connectivity index (χ3n) is 2.31. The van der Waals surface area contributed by atoms with Crippen molar-refractivity contribution < 1.29 is 0 Å². The molecule has 1 rings (SSSR count). The van der Waals surface area contributed by atoms with E-state index < -0.39 is 0 Å². The van der Waals surface area contributed by atoms with E-state index in [0.29, 0.717) is 6.04 Å². The fourth-order valence-corrected chi connectivity index (χ4v) is 1.20. The minimum atomic E-state index is 0.435. The van der Waals surface area contributed by atoms with E-state index in [9.17, 15) is 0 Å². The molecule has 14 heavy (non-hydrogen) atoms. The van der Waals surface area contributed by atoms with Gasteiger partial charge in [-0.1, -0.05) is 6.08 Å². The quantitative estimate of drug-likeness (QED) is 0.716. The van der Waals surface area contributed by atoms with E-state index in [-0.39, 0.29) is 0 Å². The molecule has 0 saturated carbocycles. The van der Waals surface area contributed by atoms with Gasteiger partial charge in [0.05, 0.1) is 6.54 Å². The van der Waals surface area contributed by atoms with Crippen molar-refractivity contribution in [2.75, 3.05) is 0 Å². The third kappa shape index (κ3) is 2.67. The van der Waals surface area contributed by atoms with Gasteiger partial charge in [0.15, 0.2) is 0 Å². The van der Waals surface area contributed by atoms with Gasteiger partial charge in [0.1, 0.15) is 11.6 Å². The van der Waals surface area contributed by atoms with Crippen LogP contribution in [0.15, 0.2) is 12.7 Å². The van der Waals surface area contributed by atoms with Crippen LogP contribution in [0.25, 0.3) is 0 Å². The number of nitrogens with one attached hydrogen (secondary N) is 1. The van der Waals surface area contributed by atoms with Crippen LogP contribution in [0.1, 0.15) is 25.0 Å². The number of nitrogens with zero attached hydrogens (tertiary/aromatic N) is 3. The van der Waals surface area contributed by atoms with Crippen LogP contribution < -0.4 is 5.32 Å². The van der Waals surface area contributed by atoms with Crippen molar-refractivity contribution >= 4 is 0 Å². The van der Waals surface area contributed by atoms with E-state index in [0.717, 1.165) is 24.6 Å². The molecule has 0 aliphatic carbocycles. The zero-order valence-corrected chi connectivity index (χ0v) is 9.12. The molecule has 0 aliphatic heterocycles. The zero-order valence-electron chi connectivity index (χ0n) is 9.12. The normalized spacial score (nSPS) is 12.8. The van der Waals surface area contributed by atoms with E-state index in [1.54, 1.807) is 0 Å². The highest BCUT2D eigenvalue weighted by atomic mass is 15.3. The van der Waals surface area contributed by atoms with Crippen LogP contribution in [-0.4, -0.2) is 20.8 Å². The topological polar surface area (TPSA) is 42.7 Å². The lowest BCUT2D eigenvalue weighted by Crippen LogP contribution is -2.26. The molecule has 0 spiro atoms. The first-order valence-corrected chi connectivity index (χ1v) is 4.84. The van der Waals surface area contributed by atoms with Gasteiger partial charge in [-0.05, 0) is 20.3 Å². The fourth-order valence-electron chi connectivity index (χ4n) is 1.20. The van der Waals surface area contributed by atoms with Crippen molar-refractivity contribution in [2.45, 2.75) is 32.9 Å². The second kappa shape index (κ2) is 4.91. The lowest BCUT2D eigenvalue weighted by Gasteiger charge is -2.10. The van der Waals surface area contributed by atoms with Crippen LogP contribution in [0.2, 0.25) is 0 Å². The summed E-state index contributed by atoms with van der Waals surface area (Å²) in [5, 5.41) is 11.4. The average Bonchev–Trinajstić information content (AvgIpc) is 2.46. The van der Waals surface area contributed by atoms with Gasteiger partial charge < -0.3 is 9.88 Å². The van der Waals surface area contributed by atoms with Gasteiger partial charge in [0, 0.05) is 13.1 Å². The molecule has 1 atom stereocenters. The summed E-state index contributed by atoms with van der Waals surface area (Å²) in [6.45, 7) is 8.54. The van der Waals surface area contributed by atoms with Crippen molar-refractivity contribution in [1.82, 2.24) is 20.1 Å². The first-order valence-electron chi connectivity index (χ1n) is 4.84. The van der Waals surface area contributed by atoms with Crippen LogP contribution >= 0.6 is 0 Å². The smallest absolute Gasteiger partial charge is 0.146 e. The molecule has 1 heterocycles. The molecule has 4 heteroatoms. The Kier molecular flexibility index (Phi) is 3.83. The summed E-state index contributed by atoms with van der Waals surface area (Å²) in [7, 11) is 1.98. The van der Waals surface area contributed by atoms with Crippen LogP contribution in [0.4, 0.5) is 0 Å². The van der Waals surface area contributed by atoms with Gasteiger partial charge in [0.2, 0.25) is 0 Å². The van der Waals surface area contributed by atoms with Crippen LogP contribution in [-0.2, 0) is 13.6 Å². The molecular formula is C10H18N4. The molecule has 0 radical (unpaired) electrons. The third-order valence-corrected chi connectivity index (χ3v) is 2.31. The van der Waals surface area contributed by atoms with E-state index in [1.165, 1.54) is 0 Å². The molecule has 0 aliphatic rings. The van der Waals surface area contributed by atoms with Crippen LogP contribution in [0.5, 0.6) is 0 Å². The molecule has 0 amide bonds. The minimum absolute atomic E-state index is 0.435. The summed E-state index contributed by atoms with van der Waals surface area (Å²) in [5.74, 6) is 1.91. The van der Waals surface area contributed by atoms with E-state index in [2.05, 4.69) is 29.0 Å². The van der Waals surface area contributed by atoms with Crippen LogP contribution in [0, 0.1) is 6.92 Å². The zero-order chi connectivity index (χ0) is 10.6. The van der Waals surface area contributed by atoms with Gasteiger partial charge in [-0.2, -0.15) is 0 Å². The van der Waals surface area contributed by atoms with E-state index in [1.807, 2.05) is 24.6 Å². The van der Waals surface area contributed by atoms with Crippen molar-refractivity contribution in [3.05, 3.63) is 24.3 Å². The van der Waals surface area contributed by atoms with Crippen molar-refractivity contribution in [3.63, 3.8) is 0 Å². The van der Waals surface area contributed by atoms with E-state index in [4.69, 9.17) is 0 Å². The van der Waals surface area contributed by atoms with Gasteiger partial charge in [-0.15, -0.1) is 16.8 Å². The number of aryl methyl sites for hydroxylation is 1. The predicted molar refractivity (Wildman–Crippen MR) is 56.9 cm³/mol. The Balaban J connectivity index is 2.45. The number of hydrogen-bond donors (Lipinski definition) is 1. The van der Waals surface area contributed by atoms with Gasteiger partial charge in [-0.25, -0.2) is 0 Å². The Hall–Kier alpha value is -1.16. The maximum atomic E-state index is 4.07. The predicted octanol–water partition coefficient (Wildman–Crippen LogP) is 1.18. The Morgan fingerprint density at radius 2 is 2.29 bits per heavy atom. The molecule has 0 saturated heterocycles. The second-order valence-corrected chi connectivity index (χ2v) is 3.53. The highest BCUT2D eigenvalue weighted by molar-refractivity contribution is 4.92. The Bertz CT molecular complexity index is 303. The molecule has 4 nitrogen and oxygen atoms in total. The maximum absolute atomic E-state index is 4.07. The lowest BCUT2D eigenvalue weighted by atomic mass is 10.2. The van der Waals surface area contributed by atoms with Gasteiger partial charge in [-0.3, -0.25) is 0 Å². The molecule has 0 fully saturated rings. The molecule has 0 aromatic carbocycles. The average molecular weight is 194 g/mol. The summed E-state index contributed by atoms with van der Waals surface area (Å²) >= 11 is 0. The van der Waals surface area contributed by atoms with Crippen LogP contribution in [0.3, 0.4) is 0 Å². The molecule has 0 bridgehead atoms. The molecule has 1 N–H and O–H groups in total. The monoisotopic (exact) mass is 194 g/mol. The summed E-state index contributed by atoms with van der Waals surface area (Å²) in [6, 6.07) is 0.435. The van der Waals surface area contributed by atoms with E-state index >= 15 is 0 Å². The number of hydrogen-bond acceptors (Lipinski definition) is 3. The second-order valence-electron chi connectivity index (χ2n) is 3.53. The first kappa shape index (κ1) is 10.9. The maximum Gasteiger partial charge on any atom is 0.146 e. The Labute approximate surface area is 85.0 Å². The first-order chi connectivity index (χ1) is 6.65. The number of rotatable bonds is 5. The number of aromatic nitrogens is 3. The van der Waals surface area contributed by atoms with Crippen molar-refractivity contribution in [1.29, 1.82) is 0 Å². The van der Waals surface area contributed by atoms with Crippen molar-refractivity contribution in [2.24, 2.45) is 7.05 Å². The van der Waals surface area contributed by atoms with Crippen molar-refractivity contribution in [3.8, 4) is 0 Å². The summed E-state index contributed by atoms with van der Waals surface area (Å²) < 4.78 is 1.99. The summed E-state index contributed by atoms with van der Waals surface area (Å²) in [6.07, 6.45) is 2.89. The summed E-state index contributed by atoms with van der Waals surface area (Å²) in [4.78, 5) is 0. The molecule has 78 valence electrons. The largest absolute Gasteiger partial charge is 0.317 e. The fraction of sp³-hybridized carbons (Fsp3) is 0.600. The minimum Gasteiger partial charge on any atom is -0.317 e. The van der Waals surface area contributed by atoms with Gasteiger partial charge in [0.25, 0.3) is 0 Å². The highest BCUT2D eigenvalue weighted by Gasteiger charge is 2.05. The Morgan fingerprint density at radius 1 is 1.57 bits per heavy atom. The standard InChI is InChI=1S/C10H18N4/c1-5-6-8(2)11-7-10-13-12-9(3)14(10)4/h5,8,11H,1,6-7H2,2-4H3.